The Morgan fingerprint density at radius 2 is 2.05 bits per heavy atom. The molecule has 0 aliphatic heterocycles. The van der Waals surface area contributed by atoms with Crippen molar-refractivity contribution in [3.8, 4) is 5.75 Å². The van der Waals surface area contributed by atoms with Gasteiger partial charge < -0.3 is 10.2 Å². The van der Waals surface area contributed by atoms with E-state index in [0.29, 0.717) is 18.4 Å². The van der Waals surface area contributed by atoms with Crippen LogP contribution in [0.1, 0.15) is 35.2 Å². The van der Waals surface area contributed by atoms with Gasteiger partial charge in [0.15, 0.2) is 0 Å². The zero-order valence-corrected chi connectivity index (χ0v) is 12.4. The summed E-state index contributed by atoms with van der Waals surface area (Å²) < 4.78 is 27.4. The Balaban J connectivity index is 2.37. The molecule has 1 aromatic carbocycles. The van der Waals surface area contributed by atoms with Gasteiger partial charge >= 0.3 is 5.97 Å². The van der Waals surface area contributed by atoms with Crippen LogP contribution in [-0.2, 0) is 10.0 Å². The fraction of sp³-hybridized carbons (Fsp3) is 0.357. The summed E-state index contributed by atoms with van der Waals surface area (Å²) in [6.45, 7) is 1.51. The first kappa shape index (κ1) is 15.5. The summed E-state index contributed by atoms with van der Waals surface area (Å²) in [5.41, 5.74) is -0.124. The number of hydrogen-bond donors (Lipinski definition) is 3. The van der Waals surface area contributed by atoms with E-state index >= 15 is 0 Å². The topological polar surface area (TPSA) is 104 Å². The van der Waals surface area contributed by atoms with Crippen molar-refractivity contribution in [3.05, 3.63) is 35.4 Å². The lowest BCUT2D eigenvalue weighted by atomic mass is 10.0. The second kappa shape index (κ2) is 5.87. The third-order valence-corrected chi connectivity index (χ3v) is 5.07. The molecule has 0 bridgehead atoms. The SMILES string of the molecule is Cc1cc(O)c(C(=O)O)cc1S(=O)(=O)NC1CC=CCC1. The molecule has 2 rings (SSSR count). The maximum absolute atomic E-state index is 12.4. The number of allylic oxidation sites excluding steroid dienone is 1. The van der Waals surface area contributed by atoms with Crippen LogP contribution >= 0.6 is 0 Å². The van der Waals surface area contributed by atoms with E-state index in [2.05, 4.69) is 4.72 Å². The van der Waals surface area contributed by atoms with Crippen LogP contribution < -0.4 is 4.72 Å². The van der Waals surface area contributed by atoms with Gasteiger partial charge in [0, 0.05) is 6.04 Å². The van der Waals surface area contributed by atoms with E-state index in [4.69, 9.17) is 5.11 Å². The number of aromatic hydroxyl groups is 1. The number of aromatic carboxylic acids is 1. The molecule has 114 valence electrons. The lowest BCUT2D eigenvalue weighted by molar-refractivity contribution is 0.0693. The number of benzene rings is 1. The number of carbonyl (C=O) groups is 1. The highest BCUT2D eigenvalue weighted by atomic mass is 32.2. The first-order chi connectivity index (χ1) is 9.81. The van der Waals surface area contributed by atoms with Crippen molar-refractivity contribution < 1.29 is 23.4 Å². The molecular weight excluding hydrogens is 294 g/mol. The molecule has 0 heterocycles. The minimum Gasteiger partial charge on any atom is -0.507 e. The largest absolute Gasteiger partial charge is 0.507 e. The third kappa shape index (κ3) is 3.43. The number of rotatable bonds is 4. The Morgan fingerprint density at radius 3 is 2.62 bits per heavy atom. The first-order valence-electron chi connectivity index (χ1n) is 6.55. The van der Waals surface area contributed by atoms with E-state index < -0.39 is 27.3 Å². The smallest absolute Gasteiger partial charge is 0.339 e. The monoisotopic (exact) mass is 311 g/mol. The molecule has 0 saturated carbocycles. The van der Waals surface area contributed by atoms with E-state index in [1.807, 2.05) is 12.2 Å². The molecule has 0 spiro atoms. The lowest BCUT2D eigenvalue weighted by Crippen LogP contribution is -2.35. The molecule has 1 atom stereocenters. The van der Waals surface area contributed by atoms with E-state index in [1.54, 1.807) is 0 Å². The number of sulfonamides is 1. The molecule has 0 saturated heterocycles. The third-order valence-electron chi connectivity index (χ3n) is 3.40. The molecule has 0 amide bonds. The van der Waals surface area contributed by atoms with Crippen molar-refractivity contribution >= 4 is 16.0 Å². The predicted molar refractivity (Wildman–Crippen MR) is 76.9 cm³/mol. The van der Waals surface area contributed by atoms with Crippen LogP contribution in [0.3, 0.4) is 0 Å². The molecule has 0 aromatic heterocycles. The van der Waals surface area contributed by atoms with Crippen molar-refractivity contribution in [1.82, 2.24) is 4.72 Å². The minimum absolute atomic E-state index is 0.118. The number of carboxylic acids is 1. The van der Waals surface area contributed by atoms with Crippen LogP contribution in [0.4, 0.5) is 0 Å². The van der Waals surface area contributed by atoms with Gasteiger partial charge in [0.05, 0.1) is 4.90 Å². The molecule has 1 aliphatic carbocycles. The average Bonchev–Trinajstić information content (AvgIpc) is 2.38. The highest BCUT2D eigenvalue weighted by Gasteiger charge is 2.24. The van der Waals surface area contributed by atoms with Gasteiger partial charge in [0.1, 0.15) is 11.3 Å². The number of nitrogens with one attached hydrogen (secondary N) is 1. The van der Waals surface area contributed by atoms with Gasteiger partial charge in [0.25, 0.3) is 0 Å². The van der Waals surface area contributed by atoms with E-state index in [-0.39, 0.29) is 10.9 Å². The Bertz CT molecular complexity index is 694. The second-order valence-corrected chi connectivity index (χ2v) is 6.73. The number of aryl methyl sites for hydroxylation is 1. The van der Waals surface area contributed by atoms with Crippen LogP contribution in [-0.4, -0.2) is 30.6 Å². The van der Waals surface area contributed by atoms with Crippen molar-refractivity contribution in [2.45, 2.75) is 37.1 Å². The minimum atomic E-state index is -3.82. The summed E-state index contributed by atoms with van der Waals surface area (Å²) in [7, 11) is -3.82. The van der Waals surface area contributed by atoms with Gasteiger partial charge in [-0.15, -0.1) is 0 Å². The molecule has 21 heavy (non-hydrogen) atoms. The van der Waals surface area contributed by atoms with Crippen molar-refractivity contribution in [2.75, 3.05) is 0 Å². The maximum atomic E-state index is 12.4. The summed E-state index contributed by atoms with van der Waals surface area (Å²) in [4.78, 5) is 10.9. The Morgan fingerprint density at radius 1 is 1.33 bits per heavy atom. The highest BCUT2D eigenvalue weighted by molar-refractivity contribution is 7.89. The van der Waals surface area contributed by atoms with E-state index in [1.165, 1.54) is 6.92 Å². The molecule has 1 aliphatic rings. The Kier molecular flexibility index (Phi) is 4.34. The van der Waals surface area contributed by atoms with Crippen LogP contribution in [0.25, 0.3) is 0 Å². The van der Waals surface area contributed by atoms with Crippen LogP contribution in [0, 0.1) is 6.92 Å². The lowest BCUT2D eigenvalue weighted by Gasteiger charge is -2.20. The van der Waals surface area contributed by atoms with Crippen LogP contribution in [0.5, 0.6) is 5.75 Å². The summed E-state index contributed by atoms with van der Waals surface area (Å²) in [5.74, 6) is -1.82. The zero-order valence-electron chi connectivity index (χ0n) is 11.5. The fourth-order valence-electron chi connectivity index (χ4n) is 2.32. The molecule has 6 nitrogen and oxygen atoms in total. The number of carboxylic acid groups (broad SMARTS) is 1. The van der Waals surface area contributed by atoms with Crippen molar-refractivity contribution in [3.63, 3.8) is 0 Å². The standard InChI is InChI=1S/C14H17NO5S/c1-9-7-12(16)11(14(17)18)8-13(9)21(19,20)15-10-5-3-2-4-6-10/h2-3,7-8,10,15-16H,4-6H2,1H3,(H,17,18). The molecule has 3 N–H and O–H groups in total. The Labute approximate surface area is 123 Å². The van der Waals surface area contributed by atoms with E-state index in [0.717, 1.165) is 18.6 Å². The van der Waals surface area contributed by atoms with Gasteiger partial charge in [0.2, 0.25) is 10.0 Å². The normalized spacial score (nSPS) is 18.6. The average molecular weight is 311 g/mol. The predicted octanol–water partition coefficient (Wildman–Crippen LogP) is 1.79. The molecule has 0 fully saturated rings. The fourth-order valence-corrected chi connectivity index (χ4v) is 3.85. The van der Waals surface area contributed by atoms with Crippen molar-refractivity contribution in [1.29, 1.82) is 0 Å². The highest BCUT2D eigenvalue weighted by Crippen LogP contribution is 2.26. The van der Waals surface area contributed by atoms with Gasteiger partial charge in [-0.05, 0) is 43.9 Å². The molecule has 7 heteroatoms. The first-order valence-corrected chi connectivity index (χ1v) is 8.04. The molecular formula is C14H17NO5S. The Hall–Kier alpha value is -1.86. The van der Waals surface area contributed by atoms with Gasteiger partial charge in [-0.2, -0.15) is 0 Å². The number of hydrogen-bond acceptors (Lipinski definition) is 4. The quantitative estimate of drug-likeness (QED) is 0.735. The summed E-state index contributed by atoms with van der Waals surface area (Å²) >= 11 is 0. The molecule has 1 unspecified atom stereocenters. The van der Waals surface area contributed by atoms with Gasteiger partial charge in [-0.1, -0.05) is 12.2 Å². The second-order valence-electron chi connectivity index (χ2n) is 5.04. The van der Waals surface area contributed by atoms with Crippen molar-refractivity contribution in [2.24, 2.45) is 0 Å². The number of phenols is 1. The molecule has 0 radical (unpaired) electrons. The summed E-state index contributed by atoms with van der Waals surface area (Å²) in [6, 6.07) is 1.95. The van der Waals surface area contributed by atoms with Crippen LogP contribution in [0.15, 0.2) is 29.2 Å². The zero-order chi connectivity index (χ0) is 15.6. The molecule has 1 aromatic rings. The van der Waals surface area contributed by atoms with Gasteiger partial charge in [-0.3, -0.25) is 0 Å². The summed E-state index contributed by atoms with van der Waals surface area (Å²) in [5, 5.41) is 18.6. The van der Waals surface area contributed by atoms with Gasteiger partial charge in [-0.25, -0.2) is 17.9 Å². The maximum Gasteiger partial charge on any atom is 0.339 e. The van der Waals surface area contributed by atoms with Crippen LogP contribution in [0.2, 0.25) is 0 Å². The summed E-state index contributed by atoms with van der Waals surface area (Å²) in [6.07, 6.45) is 6.05. The van der Waals surface area contributed by atoms with E-state index in [9.17, 15) is 18.3 Å².